The number of hydrogen-bond donors (Lipinski definition) is 1. The van der Waals surface area contributed by atoms with Crippen LogP contribution in [-0.4, -0.2) is 22.7 Å². The van der Waals surface area contributed by atoms with Gasteiger partial charge in [0.15, 0.2) is 0 Å². The Labute approximate surface area is 93.6 Å². The molecule has 1 aromatic rings. The molecule has 0 bridgehead atoms. The summed E-state index contributed by atoms with van der Waals surface area (Å²) in [5.74, 6) is 0. The molecule has 0 saturated carbocycles. The topological polar surface area (TPSA) is 47.1 Å². The first-order valence-electron chi connectivity index (χ1n) is 3.82. The third kappa shape index (κ3) is 4.84. The maximum absolute atomic E-state index is 5.46. The molecular formula is C7H11IN2O2S. The molecule has 0 fully saturated rings. The third-order valence-corrected chi connectivity index (χ3v) is 2.41. The van der Waals surface area contributed by atoms with Crippen molar-refractivity contribution in [3.05, 3.63) is 18.2 Å². The van der Waals surface area contributed by atoms with Gasteiger partial charge in [0.2, 0.25) is 0 Å². The normalized spacial score (nSPS) is 13.1. The lowest BCUT2D eigenvalue weighted by Gasteiger charge is -2.10. The fraction of sp³-hybridized carbons (Fsp3) is 0.571. The van der Waals surface area contributed by atoms with Crippen molar-refractivity contribution in [3.63, 3.8) is 0 Å². The van der Waals surface area contributed by atoms with E-state index in [0.717, 1.165) is 5.69 Å². The van der Waals surface area contributed by atoms with Gasteiger partial charge >= 0.3 is 0 Å². The fourth-order valence-corrected chi connectivity index (χ4v) is 1.45. The average molecular weight is 314 g/mol. The summed E-state index contributed by atoms with van der Waals surface area (Å²) in [6.07, 6.45) is 3.56. The molecule has 0 saturated heterocycles. The molecule has 0 aliphatic heterocycles. The zero-order valence-electron chi connectivity index (χ0n) is 7.20. The Morgan fingerprint density at radius 2 is 2.62 bits per heavy atom. The lowest BCUT2D eigenvalue weighted by atomic mass is 10.4. The highest BCUT2D eigenvalue weighted by atomic mass is 127. The number of H-pyrrole nitrogens is 1. The van der Waals surface area contributed by atoms with Crippen LogP contribution in [0.3, 0.4) is 0 Å². The van der Waals surface area contributed by atoms with Crippen molar-refractivity contribution in [2.24, 2.45) is 0 Å². The van der Waals surface area contributed by atoms with Crippen molar-refractivity contribution in [2.45, 2.75) is 19.6 Å². The molecule has 1 aromatic heterocycles. The minimum atomic E-state index is 0.0963. The van der Waals surface area contributed by atoms with Crippen LogP contribution in [0, 0.1) is 0 Å². The van der Waals surface area contributed by atoms with Crippen LogP contribution in [0.5, 0.6) is 0 Å². The largest absolute Gasteiger partial charge is 0.370 e. The van der Waals surface area contributed by atoms with Gasteiger partial charge in [-0.15, -0.1) is 0 Å². The summed E-state index contributed by atoms with van der Waals surface area (Å²) in [5, 5.41) is 0. The Hall–Kier alpha value is 0.210. The van der Waals surface area contributed by atoms with Crippen molar-refractivity contribution < 1.29 is 8.92 Å². The number of nitrogens with one attached hydrogen (secondary N) is 1. The zero-order chi connectivity index (χ0) is 9.52. The van der Waals surface area contributed by atoms with Gasteiger partial charge in [0.1, 0.15) is 0 Å². The Balaban J connectivity index is 2.11. The Kier molecular flexibility index (Phi) is 5.76. The molecule has 0 amide bonds. The van der Waals surface area contributed by atoms with Gasteiger partial charge in [-0.05, 0) is 6.92 Å². The highest BCUT2D eigenvalue weighted by molar-refractivity contribution is 14.2. The Morgan fingerprint density at radius 1 is 1.77 bits per heavy atom. The highest BCUT2D eigenvalue weighted by Gasteiger charge is 2.03. The van der Waals surface area contributed by atoms with Gasteiger partial charge in [-0.25, -0.2) is 4.98 Å². The second-order valence-electron chi connectivity index (χ2n) is 2.53. The summed E-state index contributed by atoms with van der Waals surface area (Å²) < 4.78 is 10.6. The first-order chi connectivity index (χ1) is 6.33. The summed E-state index contributed by atoms with van der Waals surface area (Å²) >= 11 is 2.08. The summed E-state index contributed by atoms with van der Waals surface area (Å²) in [7, 11) is 1.32. The summed E-state index contributed by atoms with van der Waals surface area (Å²) in [6.45, 7) is 3.09. The van der Waals surface area contributed by atoms with Crippen molar-refractivity contribution in [1.82, 2.24) is 9.97 Å². The number of imidazole rings is 1. The number of aromatic amines is 1. The quantitative estimate of drug-likeness (QED) is 0.647. The van der Waals surface area contributed by atoms with Crippen LogP contribution in [0.15, 0.2) is 12.5 Å². The molecule has 0 spiro atoms. The molecule has 0 aliphatic rings. The highest BCUT2D eigenvalue weighted by Crippen LogP contribution is 2.13. The zero-order valence-corrected chi connectivity index (χ0v) is 10.2. The maximum atomic E-state index is 5.46. The van der Waals surface area contributed by atoms with E-state index in [2.05, 4.69) is 31.2 Å². The van der Waals surface area contributed by atoms with E-state index in [9.17, 15) is 0 Å². The summed E-state index contributed by atoms with van der Waals surface area (Å²) in [5.41, 5.74) is 0.911. The van der Waals surface area contributed by atoms with E-state index in [0.29, 0.717) is 13.2 Å². The van der Waals surface area contributed by atoms with Crippen LogP contribution in [0.1, 0.15) is 12.6 Å². The van der Waals surface area contributed by atoms with Crippen LogP contribution < -0.4 is 0 Å². The Bertz CT molecular complexity index is 220. The number of nitrogens with zero attached hydrogens (tertiary/aromatic N) is 1. The molecule has 1 rings (SSSR count). The predicted molar refractivity (Wildman–Crippen MR) is 60.4 cm³/mol. The van der Waals surface area contributed by atoms with E-state index in [-0.39, 0.29) is 6.10 Å². The van der Waals surface area contributed by atoms with Crippen molar-refractivity contribution >= 4 is 30.4 Å². The van der Waals surface area contributed by atoms with Gasteiger partial charge < -0.3 is 13.9 Å². The molecule has 1 heterocycles. The molecule has 1 unspecified atom stereocenters. The fourth-order valence-electron chi connectivity index (χ4n) is 0.767. The van der Waals surface area contributed by atoms with Gasteiger partial charge in [0, 0.05) is 27.4 Å². The lowest BCUT2D eigenvalue weighted by Crippen LogP contribution is -2.13. The molecule has 0 radical (unpaired) electrons. The number of ether oxygens (including phenoxy) is 1. The van der Waals surface area contributed by atoms with Gasteiger partial charge in [-0.1, -0.05) is 0 Å². The van der Waals surface area contributed by atoms with E-state index in [1.54, 1.807) is 6.33 Å². The van der Waals surface area contributed by atoms with Crippen LogP contribution >= 0.6 is 30.4 Å². The van der Waals surface area contributed by atoms with Crippen molar-refractivity contribution in [1.29, 1.82) is 0 Å². The molecular weight excluding hydrogens is 303 g/mol. The smallest absolute Gasteiger partial charge is 0.0924 e. The van der Waals surface area contributed by atoms with E-state index >= 15 is 0 Å². The molecule has 4 nitrogen and oxygen atoms in total. The van der Waals surface area contributed by atoms with E-state index in [4.69, 9.17) is 8.92 Å². The van der Waals surface area contributed by atoms with Crippen molar-refractivity contribution in [3.8, 4) is 0 Å². The molecule has 1 atom stereocenters. The van der Waals surface area contributed by atoms with Gasteiger partial charge in [-0.3, -0.25) is 0 Å². The summed E-state index contributed by atoms with van der Waals surface area (Å²) in [6, 6.07) is 0. The van der Waals surface area contributed by atoms with E-state index in [1.807, 2.05) is 13.1 Å². The molecule has 13 heavy (non-hydrogen) atoms. The van der Waals surface area contributed by atoms with Crippen LogP contribution in [-0.2, 0) is 15.5 Å². The van der Waals surface area contributed by atoms with Crippen molar-refractivity contribution in [2.75, 3.05) is 6.61 Å². The van der Waals surface area contributed by atoms with Gasteiger partial charge in [0.25, 0.3) is 0 Å². The lowest BCUT2D eigenvalue weighted by molar-refractivity contribution is 0.0254. The maximum Gasteiger partial charge on any atom is 0.0924 e. The Morgan fingerprint density at radius 3 is 3.23 bits per heavy atom. The third-order valence-electron chi connectivity index (χ3n) is 1.42. The monoisotopic (exact) mass is 314 g/mol. The minimum Gasteiger partial charge on any atom is -0.370 e. The minimum absolute atomic E-state index is 0.0963. The summed E-state index contributed by atoms with van der Waals surface area (Å²) in [4.78, 5) is 6.91. The molecule has 0 aromatic carbocycles. The average Bonchev–Trinajstić information content (AvgIpc) is 2.64. The number of aromatic nitrogens is 2. The van der Waals surface area contributed by atoms with E-state index < -0.39 is 0 Å². The van der Waals surface area contributed by atoms with Crippen LogP contribution in [0.25, 0.3) is 0 Å². The second kappa shape index (κ2) is 6.63. The number of halogens is 1. The molecule has 74 valence electrons. The number of rotatable bonds is 6. The first kappa shape index (κ1) is 11.3. The van der Waals surface area contributed by atoms with Gasteiger partial charge in [-0.2, -0.15) is 0 Å². The van der Waals surface area contributed by atoms with Crippen LogP contribution in [0.4, 0.5) is 0 Å². The first-order valence-corrected chi connectivity index (χ1v) is 7.11. The molecule has 6 heteroatoms. The number of hydrogen-bond acceptors (Lipinski definition) is 4. The SMILES string of the molecule is CC(COSI)OCc1c[nH]cn1. The molecule has 0 aliphatic carbocycles. The second-order valence-corrected chi connectivity index (χ2v) is 3.97. The van der Waals surface area contributed by atoms with Gasteiger partial charge in [0.05, 0.1) is 40.6 Å². The van der Waals surface area contributed by atoms with E-state index in [1.165, 1.54) is 9.21 Å². The molecule has 1 N–H and O–H groups in total. The predicted octanol–water partition coefficient (Wildman–Crippen LogP) is 2.33. The van der Waals surface area contributed by atoms with Crippen LogP contribution in [0.2, 0.25) is 0 Å². The standard InChI is InChI=1S/C7H11IN2O2S/c1-6(3-12-13-8)11-4-7-2-9-5-10-7/h2,5-6H,3-4H2,1H3,(H,9,10).